The largest absolute Gasteiger partial charge is 0.391 e. The van der Waals surface area contributed by atoms with Gasteiger partial charge in [-0.1, -0.05) is 11.8 Å². The van der Waals surface area contributed by atoms with E-state index in [9.17, 15) is 24.2 Å². The van der Waals surface area contributed by atoms with Crippen molar-refractivity contribution in [2.24, 2.45) is 0 Å². The summed E-state index contributed by atoms with van der Waals surface area (Å²) in [4.78, 5) is 25.2. The number of ether oxygens (including phenoxy) is 1. The highest BCUT2D eigenvalue weighted by Crippen LogP contribution is 2.42. The molecule has 0 saturated carbocycles. The highest BCUT2D eigenvalue weighted by Gasteiger charge is 2.59. The first-order valence-corrected chi connectivity index (χ1v) is 6.81. The summed E-state index contributed by atoms with van der Waals surface area (Å²) in [7, 11) is 0. The van der Waals surface area contributed by atoms with Gasteiger partial charge in [0.25, 0.3) is 5.56 Å². The number of alkyl halides is 2. The van der Waals surface area contributed by atoms with Crippen LogP contribution < -0.4 is 11.2 Å². The fraction of sp³-hybridized carbons (Fsp3) is 0.571. The van der Waals surface area contributed by atoms with Crippen molar-refractivity contribution in [2.75, 3.05) is 6.67 Å². The van der Waals surface area contributed by atoms with Gasteiger partial charge in [0.15, 0.2) is 6.23 Å². The average Bonchev–Trinajstić information content (AvgIpc) is 2.70. The lowest BCUT2D eigenvalue weighted by atomic mass is 9.94. The first-order chi connectivity index (χ1) is 10.7. The Morgan fingerprint density at radius 3 is 2.74 bits per heavy atom. The summed E-state index contributed by atoms with van der Waals surface area (Å²) in [5, 5.41) is 19.7. The van der Waals surface area contributed by atoms with E-state index < -0.39 is 48.1 Å². The molecular weight excluding hydrogens is 314 g/mol. The predicted octanol–water partition coefficient (Wildman–Crippen LogP) is -0.835. The van der Waals surface area contributed by atoms with E-state index in [-0.39, 0.29) is 5.69 Å². The van der Waals surface area contributed by atoms with E-state index in [1.165, 1.54) is 13.8 Å². The van der Waals surface area contributed by atoms with Gasteiger partial charge in [-0.05, 0) is 13.8 Å². The Bertz CT molecular complexity index is 763. The van der Waals surface area contributed by atoms with E-state index >= 15 is 4.39 Å². The number of hydrogen-bond acceptors (Lipinski definition) is 5. The number of aryl methyl sites for hydroxylation is 1. The molecule has 1 fully saturated rings. The summed E-state index contributed by atoms with van der Waals surface area (Å²) in [5.74, 6) is 3.80. The number of nitrogens with one attached hydrogen (secondary N) is 1. The zero-order valence-corrected chi connectivity index (χ0v) is 12.4. The zero-order chi connectivity index (χ0) is 17.4. The van der Waals surface area contributed by atoms with Gasteiger partial charge in [-0.25, -0.2) is 13.6 Å². The minimum Gasteiger partial charge on any atom is -0.391 e. The standard InChI is InChI=1S/C14H16F2N2O5/c1-7-6-9(20)17-13(22)18(7)12-14(16,4-3-5-15)11(21)10(23-12)8(2)19/h6,8,10-12,19,21H,5H2,1-2H3,(H,17,20,22)/t8-,10-,11?,12-,14-/m1/s1. The van der Waals surface area contributed by atoms with Crippen molar-refractivity contribution in [3.8, 4) is 11.8 Å². The first-order valence-electron chi connectivity index (χ1n) is 6.81. The Morgan fingerprint density at radius 2 is 2.22 bits per heavy atom. The van der Waals surface area contributed by atoms with E-state index in [0.717, 1.165) is 10.6 Å². The highest BCUT2D eigenvalue weighted by atomic mass is 19.1. The van der Waals surface area contributed by atoms with Crippen LogP contribution in [0, 0.1) is 18.8 Å². The molecule has 0 aromatic carbocycles. The van der Waals surface area contributed by atoms with Gasteiger partial charge < -0.3 is 14.9 Å². The van der Waals surface area contributed by atoms with Crippen molar-refractivity contribution < 1.29 is 23.7 Å². The Morgan fingerprint density at radius 1 is 1.57 bits per heavy atom. The molecule has 2 heterocycles. The van der Waals surface area contributed by atoms with Crippen LogP contribution in [-0.2, 0) is 4.74 Å². The van der Waals surface area contributed by atoms with Gasteiger partial charge in [-0.2, -0.15) is 0 Å². The third kappa shape index (κ3) is 2.93. The van der Waals surface area contributed by atoms with Crippen LogP contribution in [0.3, 0.4) is 0 Å². The SMILES string of the molecule is Cc1cc(=O)[nH]c(=O)n1[C@@H]1O[C@H]([C@@H](C)O)C(O)[C@]1(F)C#CCF. The Hall–Kier alpha value is -2.02. The number of aliphatic hydroxyl groups is 2. The van der Waals surface area contributed by atoms with Gasteiger partial charge >= 0.3 is 5.69 Å². The average molecular weight is 330 g/mol. The van der Waals surface area contributed by atoms with Crippen molar-refractivity contribution in [3.63, 3.8) is 0 Å². The van der Waals surface area contributed by atoms with Gasteiger partial charge in [0, 0.05) is 11.8 Å². The van der Waals surface area contributed by atoms with Crippen LogP contribution in [-0.4, -0.2) is 50.4 Å². The molecule has 5 atom stereocenters. The number of aliphatic hydroxyl groups excluding tert-OH is 2. The lowest BCUT2D eigenvalue weighted by Gasteiger charge is -2.25. The molecule has 126 valence electrons. The zero-order valence-electron chi connectivity index (χ0n) is 12.4. The van der Waals surface area contributed by atoms with E-state index in [1.807, 2.05) is 16.8 Å². The minimum atomic E-state index is -2.83. The van der Waals surface area contributed by atoms with Crippen molar-refractivity contribution in [1.29, 1.82) is 0 Å². The molecule has 1 saturated heterocycles. The molecule has 1 unspecified atom stereocenters. The molecule has 23 heavy (non-hydrogen) atoms. The molecule has 3 N–H and O–H groups in total. The maximum absolute atomic E-state index is 15.2. The summed E-state index contributed by atoms with van der Waals surface area (Å²) in [5.41, 5.74) is -4.43. The van der Waals surface area contributed by atoms with Gasteiger partial charge in [0.1, 0.15) is 18.9 Å². The molecular formula is C14H16F2N2O5. The lowest BCUT2D eigenvalue weighted by Crippen LogP contribution is -2.46. The summed E-state index contributed by atoms with van der Waals surface area (Å²) < 4.78 is 33.6. The van der Waals surface area contributed by atoms with Crippen molar-refractivity contribution in [3.05, 3.63) is 32.6 Å². The van der Waals surface area contributed by atoms with Crippen LogP contribution in [0.25, 0.3) is 0 Å². The van der Waals surface area contributed by atoms with E-state index in [4.69, 9.17) is 4.74 Å². The molecule has 0 radical (unpaired) electrons. The van der Waals surface area contributed by atoms with E-state index in [0.29, 0.717) is 0 Å². The molecule has 7 nitrogen and oxygen atoms in total. The molecule has 0 spiro atoms. The molecule has 9 heteroatoms. The number of H-pyrrole nitrogens is 1. The summed E-state index contributed by atoms with van der Waals surface area (Å²) >= 11 is 0. The highest BCUT2D eigenvalue weighted by molar-refractivity contribution is 5.24. The van der Waals surface area contributed by atoms with Gasteiger partial charge in [0.05, 0.1) is 6.10 Å². The smallest absolute Gasteiger partial charge is 0.330 e. The number of hydrogen-bond donors (Lipinski definition) is 3. The molecule has 0 bridgehead atoms. The number of rotatable bonds is 2. The number of nitrogens with zero attached hydrogens (tertiary/aromatic N) is 1. The summed E-state index contributed by atoms with van der Waals surface area (Å²) in [6.45, 7) is 1.47. The fourth-order valence-electron chi connectivity index (χ4n) is 2.55. The molecule has 1 aliphatic heterocycles. The fourth-order valence-corrected chi connectivity index (χ4v) is 2.55. The van der Waals surface area contributed by atoms with E-state index in [1.54, 1.807) is 0 Å². The Kier molecular flexibility index (Phi) is 4.70. The maximum Gasteiger partial charge on any atom is 0.330 e. The predicted molar refractivity (Wildman–Crippen MR) is 75.2 cm³/mol. The van der Waals surface area contributed by atoms with Crippen LogP contribution >= 0.6 is 0 Å². The molecule has 0 aliphatic carbocycles. The number of aromatic nitrogens is 2. The monoisotopic (exact) mass is 330 g/mol. The van der Waals surface area contributed by atoms with Crippen LogP contribution in [0.2, 0.25) is 0 Å². The molecule has 0 amide bonds. The number of aromatic amines is 1. The second-order valence-corrected chi connectivity index (χ2v) is 5.29. The van der Waals surface area contributed by atoms with Gasteiger partial charge in [0.2, 0.25) is 5.67 Å². The second-order valence-electron chi connectivity index (χ2n) is 5.29. The van der Waals surface area contributed by atoms with Crippen molar-refractivity contribution in [2.45, 2.75) is 44.1 Å². The maximum atomic E-state index is 15.2. The van der Waals surface area contributed by atoms with Crippen LogP contribution in [0.5, 0.6) is 0 Å². The van der Waals surface area contributed by atoms with Crippen LogP contribution in [0.1, 0.15) is 18.8 Å². The summed E-state index contributed by atoms with van der Waals surface area (Å²) in [6, 6.07) is 1.04. The number of halogens is 2. The minimum absolute atomic E-state index is 0.0614. The molecule has 2 rings (SSSR count). The van der Waals surface area contributed by atoms with Crippen molar-refractivity contribution >= 4 is 0 Å². The molecule has 1 aromatic heterocycles. The lowest BCUT2D eigenvalue weighted by molar-refractivity contribution is -0.0809. The molecule has 1 aliphatic rings. The van der Waals surface area contributed by atoms with E-state index in [2.05, 4.69) is 0 Å². The van der Waals surface area contributed by atoms with Crippen LogP contribution in [0.4, 0.5) is 8.78 Å². The summed E-state index contributed by atoms with van der Waals surface area (Å²) in [6.07, 6.45) is -6.31. The third-order valence-electron chi connectivity index (χ3n) is 3.61. The quantitative estimate of drug-likeness (QED) is 0.614. The first kappa shape index (κ1) is 17.3. The Balaban J connectivity index is 2.63. The molecule has 1 aromatic rings. The van der Waals surface area contributed by atoms with Crippen molar-refractivity contribution in [1.82, 2.24) is 9.55 Å². The third-order valence-corrected chi connectivity index (χ3v) is 3.61. The van der Waals surface area contributed by atoms with Gasteiger partial charge in [-0.3, -0.25) is 14.3 Å². The van der Waals surface area contributed by atoms with Crippen LogP contribution in [0.15, 0.2) is 15.7 Å². The second kappa shape index (κ2) is 6.23. The topological polar surface area (TPSA) is 105 Å². The normalized spacial score (nSPS) is 31.5. The Labute approximate surface area is 129 Å². The van der Waals surface area contributed by atoms with Gasteiger partial charge in [-0.15, -0.1) is 0 Å².